The molecule has 0 aliphatic rings. The Morgan fingerprint density at radius 1 is 1.18 bits per heavy atom. The highest BCUT2D eigenvalue weighted by Crippen LogP contribution is 2.36. The second-order valence-corrected chi connectivity index (χ2v) is 10.8. The fourth-order valence-corrected chi connectivity index (χ4v) is 2.22. The minimum absolute atomic E-state index is 0.259. The molecule has 1 aromatic rings. The Balaban J connectivity index is 2.67. The lowest BCUT2D eigenvalue weighted by molar-refractivity contribution is 0.272. The van der Waals surface area contributed by atoms with Gasteiger partial charge in [0.25, 0.3) is 0 Å². The second-order valence-electron chi connectivity index (χ2n) is 6.02. The summed E-state index contributed by atoms with van der Waals surface area (Å²) in [5, 5.41) is 0.259. The molecule has 0 radical (unpaired) electrons. The number of aromatic nitrogens is 1. The van der Waals surface area contributed by atoms with Crippen LogP contribution in [-0.2, 0) is 17.5 Å². The van der Waals surface area contributed by atoms with E-state index in [9.17, 15) is 0 Å². The van der Waals surface area contributed by atoms with Crippen molar-refractivity contribution in [2.75, 3.05) is 0 Å². The molecular formula is C14H25NOSi. The van der Waals surface area contributed by atoms with Gasteiger partial charge >= 0.3 is 0 Å². The normalized spacial score (nSPS) is 12.8. The molecule has 0 saturated heterocycles. The molecule has 0 atom stereocenters. The third kappa shape index (κ3) is 3.93. The Labute approximate surface area is 107 Å². The molecule has 3 heteroatoms. The number of hydrogen-bond acceptors (Lipinski definition) is 2. The van der Waals surface area contributed by atoms with Gasteiger partial charge in [-0.25, -0.2) is 0 Å². The summed E-state index contributed by atoms with van der Waals surface area (Å²) in [6.45, 7) is 14.1. The predicted octanol–water partition coefficient (Wildman–Crippen LogP) is 4.17. The third-order valence-corrected chi connectivity index (χ3v) is 8.09. The minimum atomic E-state index is -1.66. The molecule has 0 aliphatic carbocycles. The van der Waals surface area contributed by atoms with Crippen molar-refractivity contribution in [1.82, 2.24) is 4.98 Å². The van der Waals surface area contributed by atoms with Crippen LogP contribution < -0.4 is 0 Å². The maximum absolute atomic E-state index is 6.16. The average molecular weight is 251 g/mol. The molecule has 0 unspecified atom stereocenters. The monoisotopic (exact) mass is 251 g/mol. The molecule has 1 aromatic heterocycles. The van der Waals surface area contributed by atoms with Crippen LogP contribution >= 0.6 is 0 Å². The van der Waals surface area contributed by atoms with Crippen molar-refractivity contribution < 1.29 is 4.43 Å². The van der Waals surface area contributed by atoms with E-state index in [1.54, 1.807) is 0 Å². The molecular weight excluding hydrogens is 226 g/mol. The molecule has 0 amide bonds. The van der Waals surface area contributed by atoms with E-state index >= 15 is 0 Å². The van der Waals surface area contributed by atoms with Crippen molar-refractivity contribution in [2.45, 2.75) is 58.9 Å². The average Bonchev–Trinajstić information content (AvgIpc) is 2.25. The van der Waals surface area contributed by atoms with Crippen molar-refractivity contribution in [1.29, 1.82) is 0 Å². The quantitative estimate of drug-likeness (QED) is 0.749. The first-order valence-electron chi connectivity index (χ1n) is 6.35. The first-order valence-corrected chi connectivity index (χ1v) is 9.26. The molecule has 2 nitrogen and oxygen atoms in total. The van der Waals surface area contributed by atoms with Gasteiger partial charge in [0.15, 0.2) is 8.32 Å². The number of hydrogen-bond donors (Lipinski definition) is 0. The SMILES string of the molecule is CCc1cccc(CO[Si](C)(C)C(C)(C)C)n1. The first-order chi connectivity index (χ1) is 7.76. The summed E-state index contributed by atoms with van der Waals surface area (Å²) in [5.74, 6) is 0. The van der Waals surface area contributed by atoms with Gasteiger partial charge in [0.1, 0.15) is 0 Å². The van der Waals surface area contributed by atoms with Crippen LogP contribution in [0.5, 0.6) is 0 Å². The van der Waals surface area contributed by atoms with Gasteiger partial charge in [-0.15, -0.1) is 0 Å². The van der Waals surface area contributed by atoms with Crippen LogP contribution in [-0.4, -0.2) is 13.3 Å². The van der Waals surface area contributed by atoms with Crippen LogP contribution in [0.15, 0.2) is 18.2 Å². The van der Waals surface area contributed by atoms with E-state index in [4.69, 9.17) is 4.43 Å². The molecule has 0 saturated carbocycles. The molecule has 0 fully saturated rings. The lowest BCUT2D eigenvalue weighted by Gasteiger charge is -2.36. The smallest absolute Gasteiger partial charge is 0.192 e. The van der Waals surface area contributed by atoms with Crippen molar-refractivity contribution in [3.05, 3.63) is 29.6 Å². The van der Waals surface area contributed by atoms with E-state index in [-0.39, 0.29) is 5.04 Å². The van der Waals surface area contributed by atoms with Crippen molar-refractivity contribution in [3.8, 4) is 0 Å². The molecule has 0 N–H and O–H groups in total. The van der Waals surface area contributed by atoms with Gasteiger partial charge in [0.2, 0.25) is 0 Å². The number of pyridine rings is 1. The highest BCUT2D eigenvalue weighted by Gasteiger charge is 2.37. The standard InChI is InChI=1S/C14H25NOSi/c1-7-12-9-8-10-13(15-12)11-16-17(5,6)14(2,3)4/h8-10H,7,11H2,1-6H3. The predicted molar refractivity (Wildman–Crippen MR) is 75.6 cm³/mol. The molecule has 1 heterocycles. The maximum atomic E-state index is 6.16. The Bertz CT molecular complexity index is 369. The Morgan fingerprint density at radius 2 is 1.76 bits per heavy atom. The van der Waals surface area contributed by atoms with Gasteiger partial charge in [-0.1, -0.05) is 33.8 Å². The maximum Gasteiger partial charge on any atom is 0.192 e. The van der Waals surface area contributed by atoms with Gasteiger partial charge in [-0.2, -0.15) is 0 Å². The largest absolute Gasteiger partial charge is 0.411 e. The summed E-state index contributed by atoms with van der Waals surface area (Å²) < 4.78 is 6.16. The van der Waals surface area contributed by atoms with E-state index in [1.807, 2.05) is 6.07 Å². The van der Waals surface area contributed by atoms with Crippen molar-refractivity contribution in [2.24, 2.45) is 0 Å². The lowest BCUT2D eigenvalue weighted by Crippen LogP contribution is -2.40. The number of nitrogens with zero attached hydrogens (tertiary/aromatic N) is 1. The van der Waals surface area contributed by atoms with Crippen LogP contribution in [0, 0.1) is 0 Å². The Kier molecular flexibility index (Phi) is 4.50. The molecule has 17 heavy (non-hydrogen) atoms. The first kappa shape index (κ1) is 14.4. The van der Waals surface area contributed by atoms with E-state index in [0.29, 0.717) is 6.61 Å². The number of aryl methyl sites for hydroxylation is 1. The molecule has 0 aromatic carbocycles. The molecule has 1 rings (SSSR count). The summed E-state index contributed by atoms with van der Waals surface area (Å²) >= 11 is 0. The fourth-order valence-electron chi connectivity index (χ4n) is 1.28. The van der Waals surface area contributed by atoms with Crippen molar-refractivity contribution in [3.63, 3.8) is 0 Å². The molecule has 0 bridgehead atoms. The van der Waals surface area contributed by atoms with Crippen molar-refractivity contribution >= 4 is 8.32 Å². The van der Waals surface area contributed by atoms with Crippen LogP contribution in [0.3, 0.4) is 0 Å². The summed E-state index contributed by atoms with van der Waals surface area (Å²) in [6.07, 6.45) is 0.980. The lowest BCUT2D eigenvalue weighted by atomic mass is 10.2. The van der Waals surface area contributed by atoms with E-state index in [0.717, 1.165) is 17.8 Å². The van der Waals surface area contributed by atoms with Crippen LogP contribution in [0.4, 0.5) is 0 Å². The Hall–Kier alpha value is -0.673. The Morgan fingerprint density at radius 3 is 2.29 bits per heavy atom. The zero-order valence-corrected chi connectivity index (χ0v) is 13.0. The van der Waals surface area contributed by atoms with Crippen LogP contribution in [0.2, 0.25) is 18.1 Å². The van der Waals surface area contributed by atoms with E-state index in [2.05, 4.69) is 57.9 Å². The summed E-state index contributed by atoms with van der Waals surface area (Å²) in [4.78, 5) is 4.57. The molecule has 0 aliphatic heterocycles. The highest BCUT2D eigenvalue weighted by atomic mass is 28.4. The van der Waals surface area contributed by atoms with E-state index in [1.165, 1.54) is 0 Å². The number of rotatable bonds is 4. The topological polar surface area (TPSA) is 22.1 Å². The summed E-state index contributed by atoms with van der Waals surface area (Å²) in [7, 11) is -1.66. The summed E-state index contributed by atoms with van der Waals surface area (Å²) in [5.41, 5.74) is 2.19. The van der Waals surface area contributed by atoms with Gasteiger partial charge in [0.05, 0.1) is 12.3 Å². The zero-order chi connectivity index (χ0) is 13.1. The van der Waals surface area contributed by atoms with Crippen LogP contribution in [0.1, 0.15) is 39.1 Å². The molecule has 0 spiro atoms. The van der Waals surface area contributed by atoms with Gasteiger partial charge in [0, 0.05) is 5.69 Å². The van der Waals surface area contributed by atoms with E-state index < -0.39 is 8.32 Å². The highest BCUT2D eigenvalue weighted by molar-refractivity contribution is 6.74. The van der Waals surface area contributed by atoms with Gasteiger partial charge in [-0.05, 0) is 36.7 Å². The second kappa shape index (κ2) is 5.32. The fraction of sp³-hybridized carbons (Fsp3) is 0.643. The minimum Gasteiger partial charge on any atom is -0.411 e. The van der Waals surface area contributed by atoms with Gasteiger partial charge in [-0.3, -0.25) is 4.98 Å². The summed E-state index contributed by atoms with van der Waals surface area (Å²) in [6, 6.07) is 6.18. The van der Waals surface area contributed by atoms with Gasteiger partial charge < -0.3 is 4.43 Å². The molecule has 96 valence electrons. The third-order valence-electron chi connectivity index (χ3n) is 3.61. The zero-order valence-electron chi connectivity index (χ0n) is 12.0. The van der Waals surface area contributed by atoms with Crippen LogP contribution in [0.25, 0.3) is 0 Å².